The van der Waals surface area contributed by atoms with E-state index < -0.39 is 6.61 Å². The Labute approximate surface area is 135 Å². The maximum atomic E-state index is 12.0. The number of hydrogen-bond acceptors (Lipinski definition) is 5. The number of benzene rings is 1. The molecular formula is C15H14F2N2O3S. The van der Waals surface area contributed by atoms with E-state index in [-0.39, 0.29) is 18.3 Å². The van der Waals surface area contributed by atoms with Crippen molar-refractivity contribution in [3.8, 4) is 5.75 Å². The Morgan fingerprint density at radius 3 is 2.74 bits per heavy atom. The van der Waals surface area contributed by atoms with Crippen LogP contribution in [0.1, 0.15) is 10.4 Å². The van der Waals surface area contributed by atoms with E-state index in [0.29, 0.717) is 12.1 Å². The fourth-order valence-electron chi connectivity index (χ4n) is 1.58. The van der Waals surface area contributed by atoms with Gasteiger partial charge in [0, 0.05) is 4.88 Å². The van der Waals surface area contributed by atoms with E-state index in [4.69, 9.17) is 4.84 Å². The van der Waals surface area contributed by atoms with Crippen molar-refractivity contribution in [3.63, 3.8) is 0 Å². The van der Waals surface area contributed by atoms with Gasteiger partial charge in [-0.25, -0.2) is 0 Å². The first-order valence-electron chi connectivity index (χ1n) is 6.63. The van der Waals surface area contributed by atoms with Gasteiger partial charge in [0.15, 0.2) is 6.61 Å². The number of hydrogen-bond donors (Lipinski definition) is 1. The largest absolute Gasteiger partial charge is 0.435 e. The van der Waals surface area contributed by atoms with Gasteiger partial charge in [-0.3, -0.25) is 4.79 Å². The third-order valence-electron chi connectivity index (χ3n) is 2.62. The molecule has 0 aliphatic heterocycles. The molecule has 1 aromatic heterocycles. The van der Waals surface area contributed by atoms with Crippen LogP contribution in [0.15, 0.2) is 46.9 Å². The maximum Gasteiger partial charge on any atom is 0.387 e. The molecule has 1 aromatic carbocycles. The van der Waals surface area contributed by atoms with Crippen LogP contribution >= 0.6 is 11.3 Å². The van der Waals surface area contributed by atoms with E-state index >= 15 is 0 Å². The number of halogens is 2. The maximum absolute atomic E-state index is 12.0. The quantitative estimate of drug-likeness (QED) is 0.594. The molecule has 0 aliphatic rings. The zero-order valence-electron chi connectivity index (χ0n) is 11.9. The smallest absolute Gasteiger partial charge is 0.387 e. The van der Waals surface area contributed by atoms with Gasteiger partial charge in [-0.1, -0.05) is 11.2 Å². The first kappa shape index (κ1) is 16.9. The average molecular weight is 340 g/mol. The number of carbonyl (C=O) groups excluding carboxylic acids is 1. The highest BCUT2D eigenvalue weighted by molar-refractivity contribution is 7.09. The van der Waals surface area contributed by atoms with Crippen LogP contribution in [0, 0.1) is 0 Å². The van der Waals surface area contributed by atoms with Crippen LogP contribution in [0.3, 0.4) is 0 Å². The minimum atomic E-state index is -2.86. The first-order valence-corrected chi connectivity index (χ1v) is 7.51. The molecule has 1 N–H and O–H groups in total. The average Bonchev–Trinajstić information content (AvgIpc) is 3.04. The van der Waals surface area contributed by atoms with E-state index in [1.807, 2.05) is 17.5 Å². The van der Waals surface area contributed by atoms with Gasteiger partial charge in [0.2, 0.25) is 0 Å². The molecule has 0 saturated heterocycles. The third-order valence-corrected chi connectivity index (χ3v) is 3.49. The summed E-state index contributed by atoms with van der Waals surface area (Å²) in [4.78, 5) is 17.4. The molecule has 0 unspecified atom stereocenters. The van der Waals surface area contributed by atoms with Crippen molar-refractivity contribution >= 4 is 23.5 Å². The minimum absolute atomic E-state index is 0.0611. The molecule has 0 aliphatic carbocycles. The molecule has 0 fully saturated rings. The van der Waals surface area contributed by atoms with Gasteiger partial charge in [-0.2, -0.15) is 8.78 Å². The second-order valence-electron chi connectivity index (χ2n) is 4.31. The third kappa shape index (κ3) is 6.43. The number of carbonyl (C=O) groups is 1. The molecule has 0 radical (unpaired) electrons. The molecule has 0 saturated carbocycles. The van der Waals surface area contributed by atoms with Crippen LogP contribution in [0.4, 0.5) is 8.78 Å². The molecule has 0 atom stereocenters. The van der Waals surface area contributed by atoms with E-state index in [0.717, 1.165) is 4.88 Å². The summed E-state index contributed by atoms with van der Waals surface area (Å²) in [6.07, 6.45) is 1.37. The van der Waals surface area contributed by atoms with Crippen molar-refractivity contribution < 1.29 is 23.1 Å². The number of nitrogens with one attached hydrogen (secondary N) is 1. The van der Waals surface area contributed by atoms with E-state index in [1.165, 1.54) is 18.3 Å². The van der Waals surface area contributed by atoms with Gasteiger partial charge in [0.1, 0.15) is 5.75 Å². The zero-order valence-corrected chi connectivity index (χ0v) is 12.8. The van der Waals surface area contributed by atoms with Crippen molar-refractivity contribution in [2.24, 2.45) is 5.16 Å². The Balaban J connectivity index is 1.68. The fourth-order valence-corrected chi connectivity index (χ4v) is 2.22. The summed E-state index contributed by atoms with van der Waals surface area (Å²) >= 11 is 1.55. The Kier molecular flexibility index (Phi) is 6.49. The number of ether oxygens (including phenoxy) is 1. The summed E-state index contributed by atoms with van der Waals surface area (Å²) in [7, 11) is 0. The van der Waals surface area contributed by atoms with Crippen LogP contribution in [0.5, 0.6) is 5.75 Å². The molecule has 2 rings (SSSR count). The normalized spacial score (nSPS) is 10.9. The predicted octanol–water partition coefficient (Wildman–Crippen LogP) is 3.02. The summed E-state index contributed by atoms with van der Waals surface area (Å²) < 4.78 is 28.2. The highest BCUT2D eigenvalue weighted by Gasteiger charge is 2.03. The summed E-state index contributed by atoms with van der Waals surface area (Å²) in [6, 6.07) is 9.70. The molecule has 2 aromatic rings. The summed E-state index contributed by atoms with van der Waals surface area (Å²) in [5, 5.41) is 8.27. The van der Waals surface area contributed by atoms with Crippen molar-refractivity contribution in [1.82, 2.24) is 5.32 Å². The molecule has 8 heteroatoms. The number of oxime groups is 1. The number of thiophene rings is 1. The molecule has 23 heavy (non-hydrogen) atoms. The minimum Gasteiger partial charge on any atom is -0.435 e. The summed E-state index contributed by atoms with van der Waals surface area (Å²) in [6.45, 7) is -2.60. The van der Waals surface area contributed by atoms with Gasteiger partial charge >= 0.3 is 6.61 Å². The topological polar surface area (TPSA) is 59.9 Å². The summed E-state index contributed by atoms with van der Waals surface area (Å²) in [5.74, 6) is -0.220. The lowest BCUT2D eigenvalue weighted by molar-refractivity contribution is -0.125. The fraction of sp³-hybridized carbons (Fsp3) is 0.200. The molecule has 122 valence electrons. The standard InChI is InChI=1S/C15H14F2N2O3S/c16-15(17)22-12-5-3-11(4-6-12)8-19-21-10-14(20)18-9-13-2-1-7-23-13/h1-8,15H,9-10H2,(H,18,20)/b19-8-. The van der Waals surface area contributed by atoms with Crippen molar-refractivity contribution in [2.75, 3.05) is 6.61 Å². The molecule has 1 amide bonds. The van der Waals surface area contributed by atoms with Gasteiger partial charge in [0.05, 0.1) is 12.8 Å². The lowest BCUT2D eigenvalue weighted by Gasteiger charge is -2.04. The number of rotatable bonds is 8. The number of nitrogens with zero attached hydrogens (tertiary/aromatic N) is 1. The van der Waals surface area contributed by atoms with Crippen LogP contribution < -0.4 is 10.1 Å². The monoisotopic (exact) mass is 340 g/mol. The first-order chi connectivity index (χ1) is 11.1. The van der Waals surface area contributed by atoms with Crippen LogP contribution in [-0.2, 0) is 16.2 Å². The Morgan fingerprint density at radius 1 is 1.30 bits per heavy atom. The Hall–Kier alpha value is -2.48. The van der Waals surface area contributed by atoms with Crippen molar-refractivity contribution in [1.29, 1.82) is 0 Å². The lowest BCUT2D eigenvalue weighted by Crippen LogP contribution is -2.26. The Morgan fingerprint density at radius 2 is 2.09 bits per heavy atom. The second kappa shape index (κ2) is 8.84. The highest BCUT2D eigenvalue weighted by Crippen LogP contribution is 2.14. The predicted molar refractivity (Wildman–Crippen MR) is 82.8 cm³/mol. The van der Waals surface area contributed by atoms with E-state index in [1.54, 1.807) is 23.5 Å². The van der Waals surface area contributed by atoms with Crippen LogP contribution in [0.25, 0.3) is 0 Å². The van der Waals surface area contributed by atoms with E-state index in [2.05, 4.69) is 15.2 Å². The van der Waals surface area contributed by atoms with Gasteiger partial charge in [0.25, 0.3) is 5.91 Å². The summed E-state index contributed by atoms with van der Waals surface area (Å²) in [5.41, 5.74) is 0.630. The Bertz CT molecular complexity index is 631. The van der Waals surface area contributed by atoms with Crippen LogP contribution in [-0.4, -0.2) is 25.3 Å². The van der Waals surface area contributed by atoms with Gasteiger partial charge in [-0.15, -0.1) is 11.3 Å². The number of amides is 1. The molecule has 1 heterocycles. The molecule has 0 bridgehead atoms. The van der Waals surface area contributed by atoms with Gasteiger partial charge < -0.3 is 14.9 Å². The van der Waals surface area contributed by atoms with Crippen LogP contribution in [0.2, 0.25) is 0 Å². The molecular weight excluding hydrogens is 326 g/mol. The van der Waals surface area contributed by atoms with Gasteiger partial charge in [-0.05, 0) is 41.3 Å². The van der Waals surface area contributed by atoms with Crippen molar-refractivity contribution in [2.45, 2.75) is 13.2 Å². The zero-order chi connectivity index (χ0) is 16.5. The lowest BCUT2D eigenvalue weighted by atomic mass is 10.2. The molecule has 5 nitrogen and oxygen atoms in total. The van der Waals surface area contributed by atoms with E-state index in [9.17, 15) is 13.6 Å². The SMILES string of the molecule is O=C(CO/N=C\c1ccc(OC(F)F)cc1)NCc1cccs1. The highest BCUT2D eigenvalue weighted by atomic mass is 32.1. The second-order valence-corrected chi connectivity index (χ2v) is 5.34. The molecule has 0 spiro atoms. The number of alkyl halides is 2. The van der Waals surface area contributed by atoms with Crippen molar-refractivity contribution in [3.05, 3.63) is 52.2 Å².